The van der Waals surface area contributed by atoms with Crippen LogP contribution in [-0.2, 0) is 14.3 Å². The minimum Gasteiger partial charge on any atom is -0.466 e. The fraction of sp³-hybridized carbons (Fsp3) is 0.778. The predicted molar refractivity (Wildman–Crippen MR) is 87.7 cm³/mol. The molecule has 0 aromatic heterocycles. The van der Waals surface area contributed by atoms with Crippen LogP contribution in [0.3, 0.4) is 0 Å². The van der Waals surface area contributed by atoms with Crippen LogP contribution in [0.1, 0.15) is 58.3 Å². The normalized spacial score (nSPS) is 28.0. The van der Waals surface area contributed by atoms with Crippen molar-refractivity contribution in [1.29, 1.82) is 0 Å². The molecule has 0 bridgehead atoms. The highest BCUT2D eigenvalue weighted by Crippen LogP contribution is 2.41. The molecule has 3 heterocycles. The van der Waals surface area contributed by atoms with Gasteiger partial charge in [-0.25, -0.2) is 0 Å². The standard InChI is InChI=1S/C18H28N2O3/c1-15(21)23-13-6-3-8-16-14-18-9-4-2-5-10-19(18)11-7-12-20(18)17(16)22/h14H,2-13H2,1H3. The van der Waals surface area contributed by atoms with Crippen LogP contribution in [-0.4, -0.2) is 53.6 Å². The summed E-state index contributed by atoms with van der Waals surface area (Å²) in [6.45, 7) is 5.00. The van der Waals surface area contributed by atoms with Crippen molar-refractivity contribution in [2.75, 3.05) is 26.2 Å². The Balaban J connectivity index is 1.65. The Kier molecular flexibility index (Phi) is 5.05. The van der Waals surface area contributed by atoms with Gasteiger partial charge in [0.05, 0.1) is 6.61 Å². The quantitative estimate of drug-likeness (QED) is 0.577. The summed E-state index contributed by atoms with van der Waals surface area (Å²) >= 11 is 0. The summed E-state index contributed by atoms with van der Waals surface area (Å²) in [4.78, 5) is 28.3. The molecule has 0 aromatic carbocycles. The van der Waals surface area contributed by atoms with E-state index in [0.717, 1.165) is 57.3 Å². The lowest BCUT2D eigenvalue weighted by Gasteiger charge is -2.49. The third-order valence-electron chi connectivity index (χ3n) is 5.37. The number of carbonyl (C=O) groups is 2. The first-order valence-corrected chi connectivity index (χ1v) is 9.06. The van der Waals surface area contributed by atoms with Gasteiger partial charge in [-0.05, 0) is 51.0 Å². The minimum absolute atomic E-state index is 0.128. The highest BCUT2D eigenvalue weighted by molar-refractivity contribution is 5.97. The Labute approximate surface area is 138 Å². The lowest BCUT2D eigenvalue weighted by atomic mass is 9.97. The maximum atomic E-state index is 12.8. The molecule has 1 spiro atoms. The average molecular weight is 320 g/mol. The fourth-order valence-corrected chi connectivity index (χ4v) is 4.29. The Bertz CT molecular complexity index is 502. The van der Waals surface area contributed by atoms with E-state index in [2.05, 4.69) is 15.9 Å². The van der Waals surface area contributed by atoms with Crippen LogP contribution in [0.15, 0.2) is 11.6 Å². The summed E-state index contributed by atoms with van der Waals surface area (Å²) in [6, 6.07) is 0. The van der Waals surface area contributed by atoms with Gasteiger partial charge in [-0.3, -0.25) is 14.5 Å². The van der Waals surface area contributed by atoms with Crippen LogP contribution in [0.2, 0.25) is 0 Å². The molecule has 0 saturated carbocycles. The highest BCUT2D eigenvalue weighted by atomic mass is 16.5. The molecule has 0 aromatic rings. The van der Waals surface area contributed by atoms with Crippen LogP contribution < -0.4 is 0 Å². The number of nitrogens with zero attached hydrogens (tertiary/aromatic N) is 2. The first-order valence-electron chi connectivity index (χ1n) is 9.06. The second kappa shape index (κ2) is 7.04. The summed E-state index contributed by atoms with van der Waals surface area (Å²) in [6.07, 6.45) is 10.7. The Morgan fingerprint density at radius 3 is 2.83 bits per heavy atom. The maximum absolute atomic E-state index is 12.8. The lowest BCUT2D eigenvalue weighted by Crippen LogP contribution is -2.62. The van der Waals surface area contributed by atoms with Crippen molar-refractivity contribution in [3.63, 3.8) is 0 Å². The largest absolute Gasteiger partial charge is 0.466 e. The third-order valence-corrected chi connectivity index (χ3v) is 5.37. The fourth-order valence-electron chi connectivity index (χ4n) is 4.29. The van der Waals surface area contributed by atoms with Crippen LogP contribution in [0.25, 0.3) is 0 Å². The summed E-state index contributed by atoms with van der Waals surface area (Å²) in [7, 11) is 0. The molecule has 0 N–H and O–H groups in total. The second-order valence-corrected chi connectivity index (χ2v) is 6.95. The van der Waals surface area contributed by atoms with Gasteiger partial charge >= 0.3 is 5.97 Å². The van der Waals surface area contributed by atoms with Gasteiger partial charge in [0.25, 0.3) is 5.91 Å². The zero-order chi connectivity index (χ0) is 16.3. The third kappa shape index (κ3) is 3.30. The van der Waals surface area contributed by atoms with E-state index in [1.807, 2.05) is 0 Å². The number of ether oxygens (including phenoxy) is 1. The van der Waals surface area contributed by atoms with Crippen molar-refractivity contribution in [3.8, 4) is 0 Å². The van der Waals surface area contributed by atoms with Crippen LogP contribution in [0, 0.1) is 0 Å². The monoisotopic (exact) mass is 320 g/mol. The molecular formula is C18H28N2O3. The van der Waals surface area contributed by atoms with Crippen molar-refractivity contribution in [2.24, 2.45) is 0 Å². The van der Waals surface area contributed by atoms with Crippen LogP contribution >= 0.6 is 0 Å². The van der Waals surface area contributed by atoms with Crippen LogP contribution in [0.5, 0.6) is 0 Å². The van der Waals surface area contributed by atoms with E-state index in [0.29, 0.717) is 6.61 Å². The smallest absolute Gasteiger partial charge is 0.302 e. The summed E-state index contributed by atoms with van der Waals surface area (Å²) in [5.41, 5.74) is 0.846. The van der Waals surface area contributed by atoms with E-state index in [1.54, 1.807) is 0 Å². The molecule has 2 saturated heterocycles. The first kappa shape index (κ1) is 16.5. The van der Waals surface area contributed by atoms with E-state index in [4.69, 9.17) is 4.74 Å². The number of unbranched alkanes of at least 4 members (excludes halogenated alkanes) is 1. The topological polar surface area (TPSA) is 49.9 Å². The molecule has 3 aliphatic rings. The first-order chi connectivity index (χ1) is 11.1. The number of rotatable bonds is 5. The van der Waals surface area contributed by atoms with Gasteiger partial charge < -0.3 is 9.64 Å². The van der Waals surface area contributed by atoms with E-state index < -0.39 is 0 Å². The summed E-state index contributed by atoms with van der Waals surface area (Å²) in [5, 5.41) is 0. The predicted octanol–water partition coefficient (Wildman–Crippen LogP) is 2.46. The molecule has 1 amide bonds. The van der Waals surface area contributed by atoms with Gasteiger partial charge in [0.15, 0.2) is 0 Å². The van der Waals surface area contributed by atoms with E-state index in [-0.39, 0.29) is 17.5 Å². The van der Waals surface area contributed by atoms with E-state index in [9.17, 15) is 9.59 Å². The van der Waals surface area contributed by atoms with Gasteiger partial charge in [-0.2, -0.15) is 0 Å². The Morgan fingerprint density at radius 1 is 1.17 bits per heavy atom. The molecule has 23 heavy (non-hydrogen) atoms. The average Bonchev–Trinajstić information content (AvgIpc) is 2.69. The molecule has 1 unspecified atom stereocenters. The number of amides is 1. The molecule has 0 aliphatic carbocycles. The van der Waals surface area contributed by atoms with Crippen LogP contribution in [0.4, 0.5) is 0 Å². The minimum atomic E-state index is -0.230. The molecule has 0 radical (unpaired) electrons. The lowest BCUT2D eigenvalue weighted by molar-refractivity contribution is -0.142. The molecule has 3 rings (SSSR count). The molecule has 1 atom stereocenters. The van der Waals surface area contributed by atoms with E-state index in [1.165, 1.54) is 26.2 Å². The molecular weight excluding hydrogens is 292 g/mol. The molecule has 5 nitrogen and oxygen atoms in total. The van der Waals surface area contributed by atoms with E-state index >= 15 is 0 Å². The molecule has 128 valence electrons. The van der Waals surface area contributed by atoms with Crippen molar-refractivity contribution in [1.82, 2.24) is 9.80 Å². The van der Waals surface area contributed by atoms with Crippen molar-refractivity contribution in [2.45, 2.75) is 64.0 Å². The Hall–Kier alpha value is -1.36. The highest BCUT2D eigenvalue weighted by Gasteiger charge is 2.50. The maximum Gasteiger partial charge on any atom is 0.302 e. The van der Waals surface area contributed by atoms with Gasteiger partial charge in [0, 0.05) is 32.1 Å². The van der Waals surface area contributed by atoms with Crippen molar-refractivity contribution >= 4 is 11.9 Å². The van der Waals surface area contributed by atoms with Gasteiger partial charge in [-0.1, -0.05) is 6.42 Å². The van der Waals surface area contributed by atoms with Crippen molar-refractivity contribution < 1.29 is 14.3 Å². The van der Waals surface area contributed by atoms with Gasteiger partial charge in [-0.15, -0.1) is 0 Å². The molecule has 5 heteroatoms. The van der Waals surface area contributed by atoms with Crippen molar-refractivity contribution in [3.05, 3.63) is 11.6 Å². The molecule has 3 aliphatic heterocycles. The molecule has 2 fully saturated rings. The second-order valence-electron chi connectivity index (χ2n) is 6.95. The van der Waals surface area contributed by atoms with Gasteiger partial charge in [0.2, 0.25) is 0 Å². The summed E-state index contributed by atoms with van der Waals surface area (Å²) < 4.78 is 4.97. The van der Waals surface area contributed by atoms with Gasteiger partial charge in [0.1, 0.15) is 5.66 Å². The Morgan fingerprint density at radius 2 is 2.00 bits per heavy atom. The zero-order valence-corrected chi connectivity index (χ0v) is 14.2. The SMILES string of the molecule is CC(=O)OCCCCC1=CC23CCCCCN2CCCN3C1=O. The number of esters is 1. The summed E-state index contributed by atoms with van der Waals surface area (Å²) in [5.74, 6) is 0.00959. The number of hydrogen-bond acceptors (Lipinski definition) is 4. The number of hydrogen-bond donors (Lipinski definition) is 0. The number of carbonyl (C=O) groups excluding carboxylic acids is 2. The zero-order valence-electron chi connectivity index (χ0n) is 14.2.